The van der Waals surface area contributed by atoms with Crippen LogP contribution in [0.3, 0.4) is 0 Å². The minimum absolute atomic E-state index is 0.0683. The van der Waals surface area contributed by atoms with E-state index in [9.17, 15) is 13.2 Å². The molecular formula is C22H22N2O3S2. The van der Waals surface area contributed by atoms with E-state index in [0.29, 0.717) is 30.9 Å². The van der Waals surface area contributed by atoms with Gasteiger partial charge in [-0.2, -0.15) is 0 Å². The monoisotopic (exact) mass is 426 g/mol. The molecule has 2 heterocycles. The fourth-order valence-electron chi connectivity index (χ4n) is 3.59. The van der Waals surface area contributed by atoms with Gasteiger partial charge in [-0.3, -0.25) is 9.10 Å². The average Bonchev–Trinajstić information content (AvgIpc) is 3.22. The summed E-state index contributed by atoms with van der Waals surface area (Å²) in [5, 5.41) is 2.06. The second-order valence-electron chi connectivity index (χ2n) is 6.88. The number of hydrogen-bond acceptors (Lipinski definition) is 4. The summed E-state index contributed by atoms with van der Waals surface area (Å²) in [6.45, 7) is 3.42. The van der Waals surface area contributed by atoms with Gasteiger partial charge in [0.1, 0.15) is 0 Å². The number of amides is 1. The summed E-state index contributed by atoms with van der Waals surface area (Å²) in [7, 11) is -3.69. The maximum atomic E-state index is 13.1. The van der Waals surface area contributed by atoms with Crippen LogP contribution in [0.15, 0.2) is 70.9 Å². The molecule has 0 spiro atoms. The highest BCUT2D eigenvalue weighted by atomic mass is 32.2. The van der Waals surface area contributed by atoms with Gasteiger partial charge in [0.05, 0.1) is 10.6 Å². The van der Waals surface area contributed by atoms with Gasteiger partial charge in [-0.15, -0.1) is 11.3 Å². The number of thiophene rings is 1. The van der Waals surface area contributed by atoms with Gasteiger partial charge in [-0.25, -0.2) is 8.42 Å². The van der Waals surface area contributed by atoms with Crippen molar-refractivity contribution >= 4 is 33.0 Å². The number of para-hydroxylation sites is 1. The molecule has 0 unspecified atom stereocenters. The van der Waals surface area contributed by atoms with Crippen molar-refractivity contribution in [3.8, 4) is 0 Å². The average molecular weight is 427 g/mol. The molecule has 0 N–H and O–H groups in total. The lowest BCUT2D eigenvalue weighted by Crippen LogP contribution is -2.35. The van der Waals surface area contributed by atoms with Crippen LogP contribution in [0.2, 0.25) is 0 Å². The molecule has 0 fully saturated rings. The molecule has 0 radical (unpaired) electrons. The summed E-state index contributed by atoms with van der Waals surface area (Å²) in [4.78, 5) is 16.2. The molecule has 4 rings (SSSR count). The van der Waals surface area contributed by atoms with Crippen molar-refractivity contribution in [2.45, 2.75) is 24.8 Å². The number of nitrogens with zero attached hydrogens (tertiary/aromatic N) is 2. The maximum absolute atomic E-state index is 13.1. The Bertz CT molecular complexity index is 1110. The van der Waals surface area contributed by atoms with Crippen LogP contribution in [-0.4, -0.2) is 32.3 Å². The van der Waals surface area contributed by atoms with Crippen LogP contribution in [0.5, 0.6) is 0 Å². The number of sulfonamides is 1. The minimum atomic E-state index is -3.69. The zero-order valence-electron chi connectivity index (χ0n) is 16.1. The number of carbonyl (C=O) groups excluding carboxylic acids is 1. The molecule has 0 bridgehead atoms. The van der Waals surface area contributed by atoms with E-state index in [4.69, 9.17) is 0 Å². The first-order valence-electron chi connectivity index (χ1n) is 9.53. The normalized spacial score (nSPS) is 13.8. The molecule has 1 aliphatic heterocycles. The van der Waals surface area contributed by atoms with Crippen LogP contribution in [0.4, 0.5) is 5.69 Å². The van der Waals surface area contributed by atoms with Crippen molar-refractivity contribution in [3.63, 3.8) is 0 Å². The first kappa shape index (κ1) is 19.7. The van der Waals surface area contributed by atoms with Crippen molar-refractivity contribution in [1.82, 2.24) is 4.90 Å². The van der Waals surface area contributed by atoms with E-state index in [0.717, 1.165) is 6.42 Å². The predicted octanol–water partition coefficient (Wildman–Crippen LogP) is 4.16. The largest absolute Gasteiger partial charge is 0.334 e. The third-order valence-corrected chi connectivity index (χ3v) is 8.06. The van der Waals surface area contributed by atoms with Crippen LogP contribution in [0.25, 0.3) is 0 Å². The molecule has 1 aromatic heterocycles. The number of hydrogen-bond donors (Lipinski definition) is 0. The second-order valence-corrected chi connectivity index (χ2v) is 9.74. The minimum Gasteiger partial charge on any atom is -0.334 e. The van der Waals surface area contributed by atoms with Crippen LogP contribution < -0.4 is 4.31 Å². The first-order chi connectivity index (χ1) is 14.0. The van der Waals surface area contributed by atoms with E-state index in [1.165, 1.54) is 26.9 Å². The summed E-state index contributed by atoms with van der Waals surface area (Å²) >= 11 is 1.73. The molecule has 150 valence electrons. The summed E-state index contributed by atoms with van der Waals surface area (Å²) in [6.07, 6.45) is 0.869. The topological polar surface area (TPSA) is 57.7 Å². The zero-order chi connectivity index (χ0) is 20.4. The fourth-order valence-corrected chi connectivity index (χ4v) is 5.95. The quantitative estimate of drug-likeness (QED) is 0.616. The summed E-state index contributed by atoms with van der Waals surface area (Å²) in [5.74, 6) is -0.0683. The summed E-state index contributed by atoms with van der Waals surface area (Å²) in [5.41, 5.74) is 2.33. The molecule has 2 aromatic carbocycles. The van der Waals surface area contributed by atoms with E-state index in [-0.39, 0.29) is 10.8 Å². The molecule has 0 saturated heterocycles. The van der Waals surface area contributed by atoms with Crippen molar-refractivity contribution in [2.75, 3.05) is 17.4 Å². The Morgan fingerprint density at radius 3 is 2.48 bits per heavy atom. The third kappa shape index (κ3) is 3.80. The maximum Gasteiger partial charge on any atom is 0.264 e. The van der Waals surface area contributed by atoms with E-state index < -0.39 is 10.0 Å². The van der Waals surface area contributed by atoms with Crippen molar-refractivity contribution in [1.29, 1.82) is 0 Å². The standard InChI is InChI=1S/C22H22N2O3S2/c1-2-24(19-6-4-3-5-7-19)29(26,27)20-10-8-17(9-11-20)22(25)23-14-12-21-18(16-23)13-15-28-21/h3-11,13,15H,2,12,14,16H2,1H3. The summed E-state index contributed by atoms with van der Waals surface area (Å²) in [6, 6.07) is 17.3. The molecule has 0 atom stereocenters. The Hall–Kier alpha value is -2.64. The molecule has 29 heavy (non-hydrogen) atoms. The molecule has 7 heteroatoms. The second kappa shape index (κ2) is 8.00. The van der Waals surface area contributed by atoms with Gasteiger partial charge in [-0.05, 0) is 66.8 Å². The van der Waals surface area contributed by atoms with E-state index in [1.54, 1.807) is 42.5 Å². The van der Waals surface area contributed by atoms with Crippen LogP contribution >= 0.6 is 11.3 Å². The smallest absolute Gasteiger partial charge is 0.264 e. The van der Waals surface area contributed by atoms with E-state index in [2.05, 4.69) is 11.4 Å². The van der Waals surface area contributed by atoms with Crippen LogP contribution in [0.1, 0.15) is 27.7 Å². The molecular weight excluding hydrogens is 404 g/mol. The van der Waals surface area contributed by atoms with Crippen molar-refractivity contribution < 1.29 is 13.2 Å². The number of fused-ring (bicyclic) bond motifs is 1. The number of benzene rings is 2. The van der Waals surface area contributed by atoms with Gasteiger partial charge in [-0.1, -0.05) is 18.2 Å². The van der Waals surface area contributed by atoms with Crippen molar-refractivity contribution in [3.05, 3.63) is 82.0 Å². The molecule has 1 amide bonds. The lowest BCUT2D eigenvalue weighted by atomic mass is 10.1. The molecule has 0 aliphatic carbocycles. The van der Waals surface area contributed by atoms with Gasteiger partial charge >= 0.3 is 0 Å². The molecule has 5 nitrogen and oxygen atoms in total. The third-order valence-electron chi connectivity index (χ3n) is 5.12. The Balaban J connectivity index is 1.55. The lowest BCUT2D eigenvalue weighted by molar-refractivity contribution is 0.0736. The van der Waals surface area contributed by atoms with Crippen LogP contribution in [-0.2, 0) is 23.0 Å². The SMILES string of the molecule is CCN(c1ccccc1)S(=O)(=O)c1ccc(C(=O)N2CCc3sccc3C2)cc1. The van der Waals surface area contributed by atoms with Gasteiger partial charge in [0.25, 0.3) is 15.9 Å². The number of anilines is 1. The predicted molar refractivity (Wildman–Crippen MR) is 116 cm³/mol. The molecule has 0 saturated carbocycles. The van der Waals surface area contributed by atoms with Crippen LogP contribution in [0, 0.1) is 0 Å². The van der Waals surface area contributed by atoms with E-state index in [1.807, 2.05) is 23.1 Å². The van der Waals surface area contributed by atoms with Gasteiger partial charge in [0, 0.05) is 30.1 Å². The molecule has 1 aliphatic rings. The molecule has 3 aromatic rings. The zero-order valence-corrected chi connectivity index (χ0v) is 17.7. The van der Waals surface area contributed by atoms with Gasteiger partial charge in [0.2, 0.25) is 0 Å². The van der Waals surface area contributed by atoms with Gasteiger partial charge < -0.3 is 4.90 Å². The van der Waals surface area contributed by atoms with Gasteiger partial charge in [0.15, 0.2) is 0 Å². The Labute approximate surface area is 175 Å². The number of rotatable bonds is 5. The highest BCUT2D eigenvalue weighted by Gasteiger charge is 2.25. The Morgan fingerprint density at radius 2 is 1.79 bits per heavy atom. The van der Waals surface area contributed by atoms with Crippen molar-refractivity contribution in [2.24, 2.45) is 0 Å². The Kier molecular flexibility index (Phi) is 5.43. The van der Waals surface area contributed by atoms with E-state index >= 15 is 0 Å². The highest BCUT2D eigenvalue weighted by Crippen LogP contribution is 2.26. The lowest BCUT2D eigenvalue weighted by Gasteiger charge is -2.27. The summed E-state index contributed by atoms with van der Waals surface area (Å²) < 4.78 is 27.5. The Morgan fingerprint density at radius 1 is 1.07 bits per heavy atom. The highest BCUT2D eigenvalue weighted by molar-refractivity contribution is 7.92. The number of carbonyl (C=O) groups is 1. The fraction of sp³-hybridized carbons (Fsp3) is 0.227. The first-order valence-corrected chi connectivity index (χ1v) is 11.8.